The molecule has 0 amide bonds. The first-order valence-corrected chi connectivity index (χ1v) is 10.7. The van der Waals surface area contributed by atoms with E-state index in [1.54, 1.807) is 7.11 Å². The van der Waals surface area contributed by atoms with Crippen LogP contribution < -0.4 is 0 Å². The number of aliphatic hydroxyl groups excluding tert-OH is 1. The van der Waals surface area contributed by atoms with Crippen LogP contribution in [-0.4, -0.2) is 43.4 Å². The van der Waals surface area contributed by atoms with Gasteiger partial charge in [0.05, 0.1) is 25.9 Å². The van der Waals surface area contributed by atoms with Gasteiger partial charge in [-0.15, -0.1) is 0 Å². The van der Waals surface area contributed by atoms with E-state index in [1.165, 1.54) is 0 Å². The van der Waals surface area contributed by atoms with Crippen molar-refractivity contribution in [3.8, 4) is 0 Å². The standard InChI is InChI=1S/C26H32O5/c1-3-4-15-23-24(27)22(16-17-29-18-20-11-7-5-8-12-20)25(26(28-2)31-23)30-19-21-13-9-6-10-14-21/h3-14,16,23-27H,15,17-19H2,1-2H3/b4-3+,22-16+/t23-,24+,25+,26+/m1/s1. The van der Waals surface area contributed by atoms with E-state index >= 15 is 0 Å². The van der Waals surface area contributed by atoms with E-state index in [2.05, 4.69) is 0 Å². The Labute approximate surface area is 184 Å². The summed E-state index contributed by atoms with van der Waals surface area (Å²) in [5.74, 6) is 0. The van der Waals surface area contributed by atoms with Crippen molar-refractivity contribution < 1.29 is 24.1 Å². The summed E-state index contributed by atoms with van der Waals surface area (Å²) < 4.78 is 23.6. The predicted octanol–water partition coefficient (Wildman–Crippen LogP) is 4.41. The van der Waals surface area contributed by atoms with Gasteiger partial charge in [0.15, 0.2) is 6.29 Å². The maximum Gasteiger partial charge on any atom is 0.187 e. The lowest BCUT2D eigenvalue weighted by molar-refractivity contribution is -0.245. The Morgan fingerprint density at radius 2 is 1.61 bits per heavy atom. The van der Waals surface area contributed by atoms with Crippen LogP contribution in [0, 0.1) is 0 Å². The lowest BCUT2D eigenvalue weighted by Gasteiger charge is -2.40. The molecule has 4 atom stereocenters. The molecular weight excluding hydrogens is 392 g/mol. The lowest BCUT2D eigenvalue weighted by Crippen LogP contribution is -2.51. The molecule has 0 spiro atoms. The molecule has 1 aliphatic heterocycles. The first kappa shape index (κ1) is 23.4. The van der Waals surface area contributed by atoms with Crippen molar-refractivity contribution in [3.05, 3.63) is 95.6 Å². The number of ether oxygens (including phenoxy) is 4. The van der Waals surface area contributed by atoms with Crippen molar-refractivity contribution in [1.82, 2.24) is 0 Å². The summed E-state index contributed by atoms with van der Waals surface area (Å²) in [4.78, 5) is 0. The highest BCUT2D eigenvalue weighted by Gasteiger charge is 2.41. The fourth-order valence-electron chi connectivity index (χ4n) is 3.57. The van der Waals surface area contributed by atoms with Gasteiger partial charge in [0.1, 0.15) is 12.2 Å². The molecule has 0 aromatic heterocycles. The Hall–Kier alpha value is -2.28. The van der Waals surface area contributed by atoms with Gasteiger partial charge in [0.25, 0.3) is 0 Å². The van der Waals surface area contributed by atoms with Crippen molar-refractivity contribution in [2.24, 2.45) is 0 Å². The number of hydrogen-bond donors (Lipinski definition) is 1. The maximum atomic E-state index is 11.0. The number of benzene rings is 2. The number of rotatable bonds is 10. The highest BCUT2D eigenvalue weighted by atomic mass is 16.7. The van der Waals surface area contributed by atoms with Crippen LogP contribution in [-0.2, 0) is 32.2 Å². The Bertz CT molecular complexity index is 818. The van der Waals surface area contributed by atoms with Crippen LogP contribution in [0.3, 0.4) is 0 Å². The van der Waals surface area contributed by atoms with Gasteiger partial charge in [-0.1, -0.05) is 78.9 Å². The number of hydrogen-bond acceptors (Lipinski definition) is 5. The van der Waals surface area contributed by atoms with E-state index in [0.29, 0.717) is 26.2 Å². The Morgan fingerprint density at radius 3 is 2.23 bits per heavy atom. The first-order chi connectivity index (χ1) is 15.2. The summed E-state index contributed by atoms with van der Waals surface area (Å²) in [6.45, 7) is 3.20. The highest BCUT2D eigenvalue weighted by molar-refractivity contribution is 5.21. The van der Waals surface area contributed by atoms with Crippen LogP contribution in [0.5, 0.6) is 0 Å². The summed E-state index contributed by atoms with van der Waals surface area (Å²) in [6, 6.07) is 19.9. The van der Waals surface area contributed by atoms with Crippen molar-refractivity contribution >= 4 is 0 Å². The maximum absolute atomic E-state index is 11.0. The second-order valence-corrected chi connectivity index (χ2v) is 7.45. The topological polar surface area (TPSA) is 57.2 Å². The fourth-order valence-corrected chi connectivity index (χ4v) is 3.57. The van der Waals surface area contributed by atoms with Crippen LogP contribution in [0.15, 0.2) is 84.5 Å². The number of allylic oxidation sites excluding steroid dienone is 1. The largest absolute Gasteiger partial charge is 0.386 e. The average Bonchev–Trinajstić information content (AvgIpc) is 2.82. The molecular formula is C26H32O5. The lowest BCUT2D eigenvalue weighted by atomic mass is 9.93. The molecule has 0 radical (unpaired) electrons. The van der Waals surface area contributed by atoms with Crippen molar-refractivity contribution in [2.45, 2.75) is 51.2 Å². The van der Waals surface area contributed by atoms with Crippen molar-refractivity contribution in [1.29, 1.82) is 0 Å². The molecule has 5 heteroatoms. The van der Waals surface area contributed by atoms with E-state index in [-0.39, 0.29) is 0 Å². The minimum absolute atomic E-state index is 0.360. The quantitative estimate of drug-likeness (QED) is 0.452. The zero-order valence-electron chi connectivity index (χ0n) is 18.2. The van der Waals surface area contributed by atoms with Crippen LogP contribution in [0.25, 0.3) is 0 Å². The van der Waals surface area contributed by atoms with E-state index in [0.717, 1.165) is 16.7 Å². The number of aliphatic hydroxyl groups is 1. The predicted molar refractivity (Wildman–Crippen MR) is 120 cm³/mol. The summed E-state index contributed by atoms with van der Waals surface area (Å²) in [5, 5.41) is 11.0. The molecule has 1 fully saturated rings. The van der Waals surface area contributed by atoms with Crippen LogP contribution in [0.1, 0.15) is 24.5 Å². The molecule has 1 aliphatic rings. The summed E-state index contributed by atoms with van der Waals surface area (Å²) in [7, 11) is 1.59. The highest BCUT2D eigenvalue weighted by Crippen LogP contribution is 2.31. The third kappa shape index (κ3) is 6.86. The minimum Gasteiger partial charge on any atom is -0.386 e. The zero-order valence-corrected chi connectivity index (χ0v) is 18.2. The van der Waals surface area contributed by atoms with Gasteiger partial charge in [0, 0.05) is 7.11 Å². The van der Waals surface area contributed by atoms with Gasteiger partial charge in [0.2, 0.25) is 0 Å². The molecule has 1 N–H and O–H groups in total. The smallest absolute Gasteiger partial charge is 0.187 e. The molecule has 1 saturated heterocycles. The summed E-state index contributed by atoms with van der Waals surface area (Å²) >= 11 is 0. The molecule has 1 heterocycles. The SMILES string of the molecule is C/C=C/C[C@H]1O[C@H](OC)[C@@H](OCc2ccccc2)/C(=C/COCc2ccccc2)[C@@H]1O. The second-order valence-electron chi connectivity index (χ2n) is 7.45. The minimum atomic E-state index is -0.802. The third-order valence-corrected chi connectivity index (χ3v) is 5.24. The van der Waals surface area contributed by atoms with Gasteiger partial charge >= 0.3 is 0 Å². The van der Waals surface area contributed by atoms with Crippen LogP contribution >= 0.6 is 0 Å². The molecule has 31 heavy (non-hydrogen) atoms. The third-order valence-electron chi connectivity index (χ3n) is 5.24. The number of methoxy groups -OCH3 is 1. The van der Waals surface area contributed by atoms with E-state index < -0.39 is 24.6 Å². The molecule has 2 aromatic rings. The van der Waals surface area contributed by atoms with E-state index in [1.807, 2.05) is 85.8 Å². The van der Waals surface area contributed by atoms with Gasteiger partial charge in [-0.2, -0.15) is 0 Å². The Balaban J connectivity index is 1.72. The molecule has 166 valence electrons. The van der Waals surface area contributed by atoms with Crippen molar-refractivity contribution in [3.63, 3.8) is 0 Å². The normalized spacial score (nSPS) is 25.3. The van der Waals surface area contributed by atoms with Gasteiger partial charge in [-0.3, -0.25) is 0 Å². The summed E-state index contributed by atoms with van der Waals surface area (Å²) in [5.41, 5.74) is 2.88. The zero-order chi connectivity index (χ0) is 21.9. The molecule has 0 saturated carbocycles. The molecule has 2 aromatic carbocycles. The molecule has 5 nitrogen and oxygen atoms in total. The van der Waals surface area contributed by atoms with Crippen LogP contribution in [0.4, 0.5) is 0 Å². The Kier molecular flexibility index (Phi) is 9.46. The van der Waals surface area contributed by atoms with E-state index in [4.69, 9.17) is 18.9 Å². The van der Waals surface area contributed by atoms with Crippen LogP contribution in [0.2, 0.25) is 0 Å². The Morgan fingerprint density at radius 1 is 0.968 bits per heavy atom. The fraction of sp³-hybridized carbons (Fsp3) is 0.385. The van der Waals surface area contributed by atoms with E-state index in [9.17, 15) is 5.11 Å². The van der Waals surface area contributed by atoms with Gasteiger partial charge in [-0.25, -0.2) is 0 Å². The molecule has 0 aliphatic carbocycles. The molecule has 3 rings (SSSR count). The van der Waals surface area contributed by atoms with Crippen molar-refractivity contribution in [2.75, 3.05) is 13.7 Å². The summed E-state index contributed by atoms with van der Waals surface area (Å²) in [6.07, 6.45) is 4.08. The molecule has 0 bridgehead atoms. The van der Waals surface area contributed by atoms with Gasteiger partial charge in [-0.05, 0) is 30.0 Å². The van der Waals surface area contributed by atoms with Gasteiger partial charge < -0.3 is 24.1 Å². The first-order valence-electron chi connectivity index (χ1n) is 10.7. The second kappa shape index (κ2) is 12.5. The monoisotopic (exact) mass is 424 g/mol. The molecule has 0 unspecified atom stereocenters. The average molecular weight is 425 g/mol.